The molecule has 10 heteroatoms. The number of carbonyl (C=O) groups is 1. The maximum Gasteiger partial charge on any atom is 0.243 e. The van der Waals surface area contributed by atoms with Crippen LogP contribution in [0.3, 0.4) is 0 Å². The lowest BCUT2D eigenvalue weighted by molar-refractivity contribution is -0.127. The molecule has 1 aromatic carbocycles. The van der Waals surface area contributed by atoms with Crippen LogP contribution in [-0.4, -0.2) is 101 Å². The Morgan fingerprint density at radius 2 is 1.65 bits per heavy atom. The summed E-state index contributed by atoms with van der Waals surface area (Å²) >= 11 is 0. The summed E-state index contributed by atoms with van der Waals surface area (Å²) in [6.45, 7) is 7.20. The van der Waals surface area contributed by atoms with Crippen LogP contribution in [0.2, 0.25) is 0 Å². The smallest absolute Gasteiger partial charge is 0.243 e. The predicted molar refractivity (Wildman–Crippen MR) is 133 cm³/mol. The van der Waals surface area contributed by atoms with Gasteiger partial charge in [-0.25, -0.2) is 4.99 Å². The minimum atomic E-state index is -0.00793. The predicted octanol–water partition coefficient (Wildman–Crippen LogP) is 1.50. The normalized spacial score (nSPS) is 14.5. The molecule has 0 unspecified atom stereocenters. The van der Waals surface area contributed by atoms with Crippen molar-refractivity contribution in [3.8, 4) is 17.2 Å². The summed E-state index contributed by atoms with van der Waals surface area (Å²) in [6, 6.07) is 3.98. The van der Waals surface area contributed by atoms with Crippen LogP contribution in [0.25, 0.3) is 0 Å². The number of halogens is 1. The molecule has 31 heavy (non-hydrogen) atoms. The van der Waals surface area contributed by atoms with E-state index in [0.29, 0.717) is 17.2 Å². The number of rotatable bonds is 8. The highest BCUT2D eigenvalue weighted by atomic mass is 127. The molecule has 1 fully saturated rings. The van der Waals surface area contributed by atoms with Crippen molar-refractivity contribution < 1.29 is 19.0 Å². The lowest BCUT2D eigenvalue weighted by atomic mass is 10.1. The number of carbonyl (C=O) groups excluding carboxylic acids is 1. The molecule has 176 valence electrons. The van der Waals surface area contributed by atoms with E-state index < -0.39 is 0 Å². The molecule has 2 rings (SSSR count). The Morgan fingerprint density at radius 1 is 1.06 bits per heavy atom. The molecule has 1 aliphatic rings. The third-order valence-corrected chi connectivity index (χ3v) is 5.00. The zero-order valence-corrected chi connectivity index (χ0v) is 21.8. The average molecular weight is 549 g/mol. The fourth-order valence-electron chi connectivity index (χ4n) is 3.31. The third kappa shape index (κ3) is 7.60. The summed E-state index contributed by atoms with van der Waals surface area (Å²) in [5.41, 5.74) is 1.11. The zero-order chi connectivity index (χ0) is 22.1. The Balaban J connectivity index is 0.00000480. The molecular formula is C21H36IN5O4. The van der Waals surface area contributed by atoms with Gasteiger partial charge in [-0.05, 0) is 24.6 Å². The maximum atomic E-state index is 11.9. The van der Waals surface area contributed by atoms with Gasteiger partial charge in [0.25, 0.3) is 0 Å². The standard InChI is InChI=1S/C21H35N5O4.HI/c1-7-22-21(23-14-19(27)24(2)3)26-10-8-25(9-11-26)15-16-12-17(28-4)20(30-6)18(13-16)29-5;/h12-13H,7-11,14-15H2,1-6H3,(H,22,23);1H. The van der Waals surface area contributed by atoms with Crippen LogP contribution in [0, 0.1) is 0 Å². The first-order valence-electron chi connectivity index (χ1n) is 10.2. The number of ether oxygens (including phenoxy) is 3. The van der Waals surface area contributed by atoms with Crippen molar-refractivity contribution >= 4 is 35.8 Å². The highest BCUT2D eigenvalue weighted by Gasteiger charge is 2.21. The van der Waals surface area contributed by atoms with Gasteiger partial charge in [-0.15, -0.1) is 24.0 Å². The maximum absolute atomic E-state index is 11.9. The molecule has 1 heterocycles. The van der Waals surface area contributed by atoms with Gasteiger partial charge in [0, 0.05) is 53.4 Å². The summed E-state index contributed by atoms with van der Waals surface area (Å²) < 4.78 is 16.3. The number of nitrogens with one attached hydrogen (secondary N) is 1. The molecule has 1 aromatic rings. The van der Waals surface area contributed by atoms with E-state index in [4.69, 9.17) is 14.2 Å². The van der Waals surface area contributed by atoms with Gasteiger partial charge in [0.1, 0.15) is 6.54 Å². The summed E-state index contributed by atoms with van der Waals surface area (Å²) in [7, 11) is 8.35. The molecule has 0 aliphatic carbocycles. The second-order valence-electron chi connectivity index (χ2n) is 7.26. The van der Waals surface area contributed by atoms with Gasteiger partial charge in [0.05, 0.1) is 21.3 Å². The van der Waals surface area contributed by atoms with E-state index in [-0.39, 0.29) is 36.4 Å². The fraction of sp³-hybridized carbons (Fsp3) is 0.619. The monoisotopic (exact) mass is 549 g/mol. The molecule has 0 spiro atoms. The van der Waals surface area contributed by atoms with E-state index in [1.165, 1.54) is 0 Å². The van der Waals surface area contributed by atoms with E-state index in [1.807, 2.05) is 19.1 Å². The average Bonchev–Trinajstić information content (AvgIpc) is 2.76. The minimum Gasteiger partial charge on any atom is -0.493 e. The van der Waals surface area contributed by atoms with Crippen LogP contribution in [-0.2, 0) is 11.3 Å². The lowest BCUT2D eigenvalue weighted by Gasteiger charge is -2.36. The fourth-order valence-corrected chi connectivity index (χ4v) is 3.31. The number of nitrogens with zero attached hydrogens (tertiary/aromatic N) is 4. The van der Waals surface area contributed by atoms with Crippen LogP contribution in [0.15, 0.2) is 17.1 Å². The number of aliphatic imine (C=N–C) groups is 1. The van der Waals surface area contributed by atoms with Gasteiger partial charge in [0.2, 0.25) is 11.7 Å². The molecule has 0 atom stereocenters. The van der Waals surface area contributed by atoms with Crippen LogP contribution < -0.4 is 19.5 Å². The summed E-state index contributed by atoms with van der Waals surface area (Å²) in [6.07, 6.45) is 0. The van der Waals surface area contributed by atoms with Crippen LogP contribution in [0.5, 0.6) is 17.2 Å². The van der Waals surface area contributed by atoms with E-state index >= 15 is 0 Å². The Kier molecular flexibility index (Phi) is 11.8. The van der Waals surface area contributed by atoms with Gasteiger partial charge < -0.3 is 29.3 Å². The molecule has 1 aliphatic heterocycles. The van der Waals surface area contributed by atoms with Crippen molar-refractivity contribution in [1.29, 1.82) is 0 Å². The quantitative estimate of drug-likeness (QED) is 0.299. The highest BCUT2D eigenvalue weighted by Crippen LogP contribution is 2.38. The van der Waals surface area contributed by atoms with Gasteiger partial charge in [-0.1, -0.05) is 0 Å². The molecular weight excluding hydrogens is 513 g/mol. The first-order chi connectivity index (χ1) is 14.4. The molecule has 0 radical (unpaired) electrons. The number of methoxy groups -OCH3 is 3. The molecule has 0 bridgehead atoms. The Morgan fingerprint density at radius 3 is 2.10 bits per heavy atom. The molecule has 0 saturated carbocycles. The first kappa shape index (κ1) is 27.1. The van der Waals surface area contributed by atoms with Crippen LogP contribution in [0.4, 0.5) is 0 Å². The Bertz CT molecular complexity index is 711. The number of likely N-dealkylation sites (N-methyl/N-ethyl adjacent to an activating group) is 1. The van der Waals surface area contributed by atoms with Crippen molar-refractivity contribution in [2.45, 2.75) is 13.5 Å². The number of benzene rings is 1. The van der Waals surface area contributed by atoms with Crippen molar-refractivity contribution in [3.05, 3.63) is 17.7 Å². The largest absolute Gasteiger partial charge is 0.493 e. The topological polar surface area (TPSA) is 78.9 Å². The highest BCUT2D eigenvalue weighted by molar-refractivity contribution is 14.0. The third-order valence-electron chi connectivity index (χ3n) is 5.00. The number of guanidine groups is 1. The molecule has 9 nitrogen and oxygen atoms in total. The van der Waals surface area contributed by atoms with Gasteiger partial charge in [-0.2, -0.15) is 0 Å². The molecule has 0 aromatic heterocycles. The number of amides is 1. The molecule has 1 N–H and O–H groups in total. The number of hydrogen-bond donors (Lipinski definition) is 1. The van der Waals surface area contributed by atoms with Crippen molar-refractivity contribution in [3.63, 3.8) is 0 Å². The lowest BCUT2D eigenvalue weighted by Crippen LogP contribution is -2.52. The Hall–Kier alpha value is -1.95. The van der Waals surface area contributed by atoms with Crippen molar-refractivity contribution in [2.75, 3.05) is 74.7 Å². The van der Waals surface area contributed by atoms with Crippen LogP contribution >= 0.6 is 24.0 Å². The minimum absolute atomic E-state index is 0. The summed E-state index contributed by atoms with van der Waals surface area (Å²) in [5, 5.41) is 3.29. The van der Waals surface area contributed by atoms with Crippen molar-refractivity contribution in [1.82, 2.24) is 20.0 Å². The zero-order valence-electron chi connectivity index (χ0n) is 19.4. The number of hydrogen-bond acceptors (Lipinski definition) is 6. The van der Waals surface area contributed by atoms with E-state index in [9.17, 15) is 4.79 Å². The van der Waals surface area contributed by atoms with E-state index in [0.717, 1.165) is 50.8 Å². The summed E-state index contributed by atoms with van der Waals surface area (Å²) in [5.74, 6) is 2.72. The second-order valence-corrected chi connectivity index (χ2v) is 7.26. The first-order valence-corrected chi connectivity index (χ1v) is 10.2. The Labute approximate surface area is 202 Å². The van der Waals surface area contributed by atoms with Crippen LogP contribution in [0.1, 0.15) is 12.5 Å². The van der Waals surface area contributed by atoms with Crippen molar-refractivity contribution in [2.24, 2.45) is 4.99 Å². The second kappa shape index (κ2) is 13.5. The molecule has 1 saturated heterocycles. The van der Waals surface area contributed by atoms with Gasteiger partial charge in [-0.3, -0.25) is 9.69 Å². The number of piperazine rings is 1. The van der Waals surface area contributed by atoms with Gasteiger partial charge in [0.15, 0.2) is 17.5 Å². The van der Waals surface area contributed by atoms with E-state index in [1.54, 1.807) is 40.3 Å². The summed E-state index contributed by atoms with van der Waals surface area (Å²) in [4.78, 5) is 22.5. The van der Waals surface area contributed by atoms with Gasteiger partial charge >= 0.3 is 0 Å². The SMILES string of the molecule is CCNC(=NCC(=O)N(C)C)N1CCN(Cc2cc(OC)c(OC)c(OC)c2)CC1.I. The van der Waals surface area contributed by atoms with E-state index in [2.05, 4.69) is 20.1 Å². The molecule has 1 amide bonds.